The van der Waals surface area contributed by atoms with E-state index in [9.17, 15) is 19.2 Å². The molecule has 7 aromatic carbocycles. The van der Waals surface area contributed by atoms with Crippen molar-refractivity contribution in [1.29, 1.82) is 0 Å². The summed E-state index contributed by atoms with van der Waals surface area (Å²) in [6.45, 7) is 4.83. The van der Waals surface area contributed by atoms with Gasteiger partial charge < -0.3 is 0 Å². The fourth-order valence-electron chi connectivity index (χ4n) is 8.30. The number of unbranched alkanes of at least 4 members (excludes halogenated alkanes) is 2. The highest BCUT2D eigenvalue weighted by atomic mass is 16.2. The molecule has 0 spiro atoms. The van der Waals surface area contributed by atoms with Crippen LogP contribution in [0.1, 0.15) is 81.0 Å². The molecule has 4 amide bonds. The minimum Gasteiger partial charge on any atom is -0.274 e. The van der Waals surface area contributed by atoms with Crippen LogP contribution in [0.4, 0.5) is 0 Å². The number of amides is 4. The van der Waals surface area contributed by atoms with E-state index in [1.807, 2.05) is 111 Å². The average Bonchev–Trinajstić information content (AvgIpc) is 3.15. The van der Waals surface area contributed by atoms with E-state index in [0.29, 0.717) is 46.1 Å². The molecule has 244 valence electrons. The van der Waals surface area contributed by atoms with Crippen molar-refractivity contribution in [3.05, 3.63) is 119 Å². The van der Waals surface area contributed by atoms with Crippen molar-refractivity contribution in [1.82, 2.24) is 9.80 Å². The molecule has 0 bridgehead atoms. The van der Waals surface area contributed by atoms with E-state index in [-0.39, 0.29) is 23.6 Å². The zero-order valence-corrected chi connectivity index (χ0v) is 28.0. The van der Waals surface area contributed by atoms with Crippen molar-refractivity contribution < 1.29 is 19.2 Å². The summed E-state index contributed by atoms with van der Waals surface area (Å²) in [4.78, 5) is 59.5. The number of carbonyl (C=O) groups excluding carboxylic acids is 4. The standard InChI is InChI=1S/C44H34N2O4/c1-3-5-21-45-41(47)29-19-17-27-36-32(26-15-11-8-12-16-26)24-34-38-30(42(48)46(44(34)50)22-6-4-2)20-18-28(40(36)38)35-31(25-13-9-7-10-14-25)23-33(43(45)49)37(29)39(27)35/h7-20,23-24H,3-6,21-22H2,1-2H3. The Hall–Kier alpha value is -5.88. The predicted octanol–water partition coefficient (Wildman–Crippen LogP) is 9.86. The molecular formula is C44H34N2O4. The lowest BCUT2D eigenvalue weighted by Gasteiger charge is -2.31. The summed E-state index contributed by atoms with van der Waals surface area (Å²) in [5, 5.41) is 6.58. The van der Waals surface area contributed by atoms with E-state index >= 15 is 0 Å². The summed E-state index contributed by atoms with van der Waals surface area (Å²) < 4.78 is 0. The van der Waals surface area contributed by atoms with Crippen LogP contribution in [0.2, 0.25) is 0 Å². The first-order valence-corrected chi connectivity index (χ1v) is 17.6. The first kappa shape index (κ1) is 30.2. The van der Waals surface area contributed by atoms with Crippen molar-refractivity contribution in [2.24, 2.45) is 0 Å². The van der Waals surface area contributed by atoms with Gasteiger partial charge in [-0.25, -0.2) is 0 Å². The lowest BCUT2D eigenvalue weighted by molar-refractivity contribution is 0.0593. The van der Waals surface area contributed by atoms with E-state index < -0.39 is 0 Å². The molecule has 2 heterocycles. The Kier molecular flexibility index (Phi) is 6.85. The fourth-order valence-corrected chi connectivity index (χ4v) is 8.30. The summed E-state index contributed by atoms with van der Waals surface area (Å²) in [6, 6.07) is 31.6. The van der Waals surface area contributed by atoms with Gasteiger partial charge in [-0.15, -0.1) is 0 Å². The molecule has 0 fully saturated rings. The van der Waals surface area contributed by atoms with Crippen molar-refractivity contribution >= 4 is 66.7 Å². The third-order valence-electron chi connectivity index (χ3n) is 10.6. The van der Waals surface area contributed by atoms with Gasteiger partial charge in [-0.2, -0.15) is 0 Å². The van der Waals surface area contributed by atoms with Gasteiger partial charge in [0, 0.05) is 46.1 Å². The molecule has 0 saturated carbocycles. The molecular weight excluding hydrogens is 620 g/mol. The van der Waals surface area contributed by atoms with Gasteiger partial charge in [-0.3, -0.25) is 29.0 Å². The van der Waals surface area contributed by atoms with E-state index in [1.165, 1.54) is 9.80 Å². The number of benzene rings is 7. The van der Waals surface area contributed by atoms with Crippen LogP contribution in [0.15, 0.2) is 97.1 Å². The van der Waals surface area contributed by atoms with Crippen molar-refractivity contribution in [2.75, 3.05) is 13.1 Å². The van der Waals surface area contributed by atoms with Crippen LogP contribution in [0.5, 0.6) is 0 Å². The first-order valence-electron chi connectivity index (χ1n) is 17.6. The molecule has 50 heavy (non-hydrogen) atoms. The van der Waals surface area contributed by atoms with E-state index in [1.54, 1.807) is 0 Å². The molecule has 0 radical (unpaired) electrons. The molecule has 9 rings (SSSR count). The zero-order chi connectivity index (χ0) is 34.3. The Labute approximate surface area is 289 Å². The fraction of sp³-hybridized carbons (Fsp3) is 0.182. The Morgan fingerprint density at radius 3 is 1.16 bits per heavy atom. The maximum Gasteiger partial charge on any atom is 0.261 e. The zero-order valence-electron chi connectivity index (χ0n) is 28.0. The van der Waals surface area contributed by atoms with Gasteiger partial charge in [0.05, 0.1) is 0 Å². The van der Waals surface area contributed by atoms with Crippen LogP contribution in [-0.4, -0.2) is 46.5 Å². The van der Waals surface area contributed by atoms with E-state index in [0.717, 1.165) is 80.3 Å². The number of carbonyl (C=O) groups is 4. The molecule has 0 saturated heterocycles. The topological polar surface area (TPSA) is 74.8 Å². The van der Waals surface area contributed by atoms with Gasteiger partial charge in [0.25, 0.3) is 23.6 Å². The van der Waals surface area contributed by atoms with E-state index in [4.69, 9.17) is 0 Å². The Balaban J connectivity index is 1.51. The third kappa shape index (κ3) is 4.08. The maximum absolute atomic E-state index is 14.3. The van der Waals surface area contributed by atoms with Crippen molar-refractivity contribution in [3.8, 4) is 22.3 Å². The summed E-state index contributed by atoms with van der Waals surface area (Å²) in [6.07, 6.45) is 3.18. The largest absolute Gasteiger partial charge is 0.274 e. The molecule has 7 aromatic rings. The van der Waals surface area contributed by atoms with Gasteiger partial charge in [0.2, 0.25) is 0 Å². The Bertz CT molecular complexity index is 2410. The van der Waals surface area contributed by atoms with Crippen LogP contribution in [0.25, 0.3) is 65.3 Å². The molecule has 0 atom stereocenters. The lowest BCUT2D eigenvalue weighted by atomic mass is 9.78. The summed E-state index contributed by atoms with van der Waals surface area (Å²) in [5.74, 6) is -1.11. The summed E-state index contributed by atoms with van der Waals surface area (Å²) in [7, 11) is 0. The molecule has 2 aliphatic heterocycles. The number of fused-ring (bicyclic) bond motifs is 2. The second kappa shape index (κ2) is 11.3. The number of hydrogen-bond donors (Lipinski definition) is 0. The predicted molar refractivity (Wildman–Crippen MR) is 199 cm³/mol. The molecule has 6 heteroatoms. The second-order valence-electron chi connectivity index (χ2n) is 13.5. The van der Waals surface area contributed by atoms with Crippen molar-refractivity contribution in [3.63, 3.8) is 0 Å². The van der Waals surface area contributed by atoms with Gasteiger partial charge >= 0.3 is 0 Å². The molecule has 0 unspecified atom stereocenters. The Morgan fingerprint density at radius 1 is 0.400 bits per heavy atom. The van der Waals surface area contributed by atoms with Crippen LogP contribution in [-0.2, 0) is 0 Å². The monoisotopic (exact) mass is 654 g/mol. The van der Waals surface area contributed by atoms with Gasteiger partial charge in [-0.1, -0.05) is 99.5 Å². The minimum atomic E-state index is -0.278. The van der Waals surface area contributed by atoms with Crippen LogP contribution >= 0.6 is 0 Å². The average molecular weight is 655 g/mol. The molecule has 2 aliphatic rings. The number of nitrogens with zero attached hydrogens (tertiary/aromatic N) is 2. The molecule has 6 nitrogen and oxygen atoms in total. The number of rotatable bonds is 8. The smallest absolute Gasteiger partial charge is 0.261 e. The van der Waals surface area contributed by atoms with Gasteiger partial charge in [0.1, 0.15) is 0 Å². The normalized spacial score (nSPS) is 14.4. The van der Waals surface area contributed by atoms with Crippen LogP contribution in [0.3, 0.4) is 0 Å². The van der Waals surface area contributed by atoms with Crippen LogP contribution < -0.4 is 0 Å². The second-order valence-corrected chi connectivity index (χ2v) is 13.5. The molecule has 0 N–H and O–H groups in total. The maximum atomic E-state index is 14.3. The summed E-state index contributed by atoms with van der Waals surface area (Å²) in [5.41, 5.74) is 5.68. The Morgan fingerprint density at radius 2 is 0.780 bits per heavy atom. The number of hydrogen-bond acceptors (Lipinski definition) is 4. The highest BCUT2D eigenvalue weighted by Crippen LogP contribution is 2.51. The molecule has 0 aromatic heterocycles. The summed E-state index contributed by atoms with van der Waals surface area (Å²) >= 11 is 0. The SMILES string of the molecule is CCCCN1C(=O)c2ccc3c4c(-c5ccccc5)cc5c6c(ccc(c7c(-c8ccccc8)cc(c2c37)C1=O)c64)C(=O)N(CCCC)C5=O. The number of imide groups is 2. The molecule has 0 aliphatic carbocycles. The van der Waals surface area contributed by atoms with Crippen molar-refractivity contribution in [2.45, 2.75) is 39.5 Å². The highest BCUT2D eigenvalue weighted by Gasteiger charge is 2.38. The third-order valence-corrected chi connectivity index (χ3v) is 10.6. The van der Waals surface area contributed by atoms with E-state index in [2.05, 4.69) is 0 Å². The quantitative estimate of drug-likeness (QED) is 0.0929. The van der Waals surface area contributed by atoms with Gasteiger partial charge in [0.15, 0.2) is 0 Å². The first-order chi connectivity index (χ1) is 24.4. The van der Waals surface area contributed by atoms with Gasteiger partial charge in [-0.05, 0) is 91.7 Å². The highest BCUT2D eigenvalue weighted by molar-refractivity contribution is 6.44. The minimum absolute atomic E-state index is 0.274. The lowest BCUT2D eigenvalue weighted by Crippen LogP contribution is -2.41. The van der Waals surface area contributed by atoms with Crippen LogP contribution in [0, 0.1) is 0 Å².